The zero-order valence-corrected chi connectivity index (χ0v) is 12.3. The minimum absolute atomic E-state index is 0.0866. The van der Waals surface area contributed by atoms with Crippen molar-refractivity contribution in [3.8, 4) is 5.75 Å². The summed E-state index contributed by atoms with van der Waals surface area (Å²) >= 11 is 0. The van der Waals surface area contributed by atoms with E-state index in [2.05, 4.69) is 17.6 Å². The molecule has 0 radical (unpaired) electrons. The summed E-state index contributed by atoms with van der Waals surface area (Å²) in [6.07, 6.45) is 1.05. The van der Waals surface area contributed by atoms with Crippen LogP contribution < -0.4 is 15.4 Å². The number of nitrogens with zero attached hydrogens (tertiary/aromatic N) is 1. The molecule has 0 saturated carbocycles. The summed E-state index contributed by atoms with van der Waals surface area (Å²) < 4.78 is 19.3. The highest BCUT2D eigenvalue weighted by atomic mass is 19.1. The number of hydrogen-bond donors (Lipinski definition) is 2. The summed E-state index contributed by atoms with van der Waals surface area (Å²) in [6, 6.07) is 4.89. The lowest BCUT2D eigenvalue weighted by Gasteiger charge is -2.15. The fourth-order valence-corrected chi connectivity index (χ4v) is 2.17. The molecule has 0 aliphatic carbocycles. The van der Waals surface area contributed by atoms with Gasteiger partial charge in [0.2, 0.25) is 0 Å². The third-order valence-corrected chi connectivity index (χ3v) is 3.32. The van der Waals surface area contributed by atoms with E-state index in [4.69, 9.17) is 4.74 Å². The van der Waals surface area contributed by atoms with Gasteiger partial charge in [-0.1, -0.05) is 13.0 Å². The summed E-state index contributed by atoms with van der Waals surface area (Å²) in [5, 5.41) is 5.94. The molecule has 0 aromatic heterocycles. The fourth-order valence-electron chi connectivity index (χ4n) is 2.17. The number of carbonyl (C=O) groups is 1. The highest BCUT2D eigenvalue weighted by Crippen LogP contribution is 2.18. The van der Waals surface area contributed by atoms with Crippen LogP contribution in [0.3, 0.4) is 0 Å². The maximum absolute atomic E-state index is 13.9. The van der Waals surface area contributed by atoms with Crippen LogP contribution in [0, 0.1) is 5.82 Å². The van der Waals surface area contributed by atoms with Crippen LogP contribution >= 0.6 is 0 Å². The monoisotopic (exact) mass is 295 g/mol. The Hall–Kier alpha value is -1.82. The summed E-state index contributed by atoms with van der Waals surface area (Å²) in [5.74, 6) is -0.134. The number of amides is 2. The van der Waals surface area contributed by atoms with E-state index >= 15 is 0 Å². The predicted molar refractivity (Wildman–Crippen MR) is 78.9 cm³/mol. The Labute approximate surface area is 124 Å². The molecule has 1 aromatic carbocycles. The lowest BCUT2D eigenvalue weighted by molar-refractivity contribution is 0.201. The average Bonchev–Trinajstić information content (AvgIpc) is 2.87. The minimum Gasteiger partial charge on any atom is -0.489 e. The number of nitrogens with one attached hydrogen (secondary N) is 2. The van der Waals surface area contributed by atoms with E-state index in [-0.39, 0.29) is 24.2 Å². The molecule has 2 amide bonds. The van der Waals surface area contributed by atoms with Crippen molar-refractivity contribution in [1.82, 2.24) is 15.5 Å². The van der Waals surface area contributed by atoms with Gasteiger partial charge in [-0.05, 0) is 30.7 Å². The minimum atomic E-state index is -0.364. The first kappa shape index (κ1) is 15.6. The predicted octanol–water partition coefficient (Wildman–Crippen LogP) is 1.73. The van der Waals surface area contributed by atoms with Gasteiger partial charge < -0.3 is 20.3 Å². The molecule has 0 unspecified atom stereocenters. The first-order valence-electron chi connectivity index (χ1n) is 7.35. The molecular weight excluding hydrogens is 273 g/mol. The molecule has 1 saturated heterocycles. The molecule has 6 heteroatoms. The molecule has 1 aliphatic heterocycles. The Morgan fingerprint density at radius 1 is 1.48 bits per heavy atom. The van der Waals surface area contributed by atoms with Crippen LogP contribution in [0.5, 0.6) is 5.75 Å². The number of hydrogen-bond acceptors (Lipinski definition) is 3. The van der Waals surface area contributed by atoms with E-state index in [1.807, 2.05) is 6.07 Å². The van der Waals surface area contributed by atoms with E-state index in [1.54, 1.807) is 11.0 Å². The maximum Gasteiger partial charge on any atom is 0.317 e. The molecule has 0 atom stereocenters. The second kappa shape index (κ2) is 7.83. The SMILES string of the molecule is CCCNCc1ccc(OCCN2CCNC2=O)c(F)c1. The van der Waals surface area contributed by atoms with Crippen LogP contribution in [-0.4, -0.2) is 43.7 Å². The molecule has 0 spiro atoms. The van der Waals surface area contributed by atoms with Crippen LogP contribution in [0.1, 0.15) is 18.9 Å². The van der Waals surface area contributed by atoms with Crippen LogP contribution in [0.15, 0.2) is 18.2 Å². The van der Waals surface area contributed by atoms with E-state index in [0.29, 0.717) is 26.2 Å². The van der Waals surface area contributed by atoms with Gasteiger partial charge in [0.1, 0.15) is 6.61 Å². The van der Waals surface area contributed by atoms with Crippen molar-refractivity contribution >= 4 is 6.03 Å². The molecule has 1 fully saturated rings. The Kier molecular flexibility index (Phi) is 5.80. The average molecular weight is 295 g/mol. The molecule has 2 N–H and O–H groups in total. The van der Waals surface area contributed by atoms with Crippen LogP contribution in [-0.2, 0) is 6.54 Å². The third-order valence-electron chi connectivity index (χ3n) is 3.32. The maximum atomic E-state index is 13.9. The number of halogens is 1. The lowest BCUT2D eigenvalue weighted by Crippen LogP contribution is -2.31. The Morgan fingerprint density at radius 2 is 2.33 bits per heavy atom. The standard InChI is InChI=1S/C15H22FN3O2/c1-2-5-17-11-12-3-4-14(13(16)10-12)21-9-8-19-7-6-18-15(19)20/h3-4,10,17H,2,5-9,11H2,1H3,(H,18,20). The van der Waals surface area contributed by atoms with Crippen LogP contribution in [0.4, 0.5) is 9.18 Å². The molecule has 1 heterocycles. The summed E-state index contributed by atoms with van der Waals surface area (Å²) in [4.78, 5) is 13.0. The van der Waals surface area contributed by atoms with Gasteiger partial charge in [-0.2, -0.15) is 0 Å². The molecule has 116 valence electrons. The van der Waals surface area contributed by atoms with Crippen molar-refractivity contribution in [3.63, 3.8) is 0 Å². The van der Waals surface area contributed by atoms with E-state index < -0.39 is 0 Å². The van der Waals surface area contributed by atoms with Crippen LogP contribution in [0.25, 0.3) is 0 Å². The van der Waals surface area contributed by atoms with E-state index in [0.717, 1.165) is 18.5 Å². The topological polar surface area (TPSA) is 53.6 Å². The number of carbonyl (C=O) groups excluding carboxylic acids is 1. The largest absolute Gasteiger partial charge is 0.489 e. The zero-order valence-electron chi connectivity index (χ0n) is 12.3. The number of rotatable bonds is 8. The Morgan fingerprint density at radius 3 is 3.00 bits per heavy atom. The number of urea groups is 1. The number of benzene rings is 1. The van der Waals surface area contributed by atoms with Crippen molar-refractivity contribution in [2.24, 2.45) is 0 Å². The second-order valence-corrected chi connectivity index (χ2v) is 5.01. The second-order valence-electron chi connectivity index (χ2n) is 5.01. The quantitative estimate of drug-likeness (QED) is 0.718. The normalized spacial score (nSPS) is 14.4. The van der Waals surface area contributed by atoms with Crippen LogP contribution in [0.2, 0.25) is 0 Å². The lowest BCUT2D eigenvalue weighted by atomic mass is 10.2. The fraction of sp³-hybridized carbons (Fsp3) is 0.533. The van der Waals surface area contributed by atoms with Crippen molar-refractivity contribution in [2.45, 2.75) is 19.9 Å². The zero-order chi connectivity index (χ0) is 15.1. The highest BCUT2D eigenvalue weighted by molar-refractivity contribution is 5.76. The molecule has 1 aromatic rings. The summed E-state index contributed by atoms with van der Waals surface area (Å²) in [7, 11) is 0. The van der Waals surface area contributed by atoms with Crippen molar-refractivity contribution in [2.75, 3.05) is 32.8 Å². The van der Waals surface area contributed by atoms with Gasteiger partial charge in [-0.3, -0.25) is 0 Å². The van der Waals surface area contributed by atoms with Gasteiger partial charge in [0.05, 0.1) is 6.54 Å². The van der Waals surface area contributed by atoms with Gasteiger partial charge in [-0.15, -0.1) is 0 Å². The van der Waals surface area contributed by atoms with E-state index in [9.17, 15) is 9.18 Å². The Bertz CT molecular complexity index is 482. The summed E-state index contributed by atoms with van der Waals surface area (Å²) in [5.41, 5.74) is 0.896. The van der Waals surface area contributed by atoms with Crippen molar-refractivity contribution in [3.05, 3.63) is 29.6 Å². The Balaban J connectivity index is 1.79. The first-order chi connectivity index (χ1) is 10.2. The summed E-state index contributed by atoms with van der Waals surface area (Å²) in [6.45, 7) is 5.74. The molecule has 21 heavy (non-hydrogen) atoms. The molecule has 2 rings (SSSR count). The molecule has 1 aliphatic rings. The van der Waals surface area contributed by atoms with Gasteiger partial charge in [-0.25, -0.2) is 9.18 Å². The number of ether oxygens (including phenoxy) is 1. The smallest absolute Gasteiger partial charge is 0.317 e. The van der Waals surface area contributed by atoms with Gasteiger partial charge in [0, 0.05) is 19.6 Å². The van der Waals surface area contributed by atoms with Gasteiger partial charge in [0.15, 0.2) is 11.6 Å². The van der Waals surface area contributed by atoms with Crippen molar-refractivity contribution < 1.29 is 13.9 Å². The molecular formula is C15H22FN3O2. The third kappa shape index (κ3) is 4.60. The molecule has 0 bridgehead atoms. The van der Waals surface area contributed by atoms with Crippen molar-refractivity contribution in [1.29, 1.82) is 0 Å². The highest BCUT2D eigenvalue weighted by Gasteiger charge is 2.18. The van der Waals surface area contributed by atoms with Gasteiger partial charge >= 0.3 is 6.03 Å². The first-order valence-corrected chi connectivity index (χ1v) is 7.35. The molecule has 5 nitrogen and oxygen atoms in total. The van der Waals surface area contributed by atoms with Gasteiger partial charge in [0.25, 0.3) is 0 Å². The van der Waals surface area contributed by atoms with E-state index in [1.165, 1.54) is 6.07 Å².